The van der Waals surface area contributed by atoms with Crippen LogP contribution < -0.4 is 0 Å². The molecule has 2 heterocycles. The van der Waals surface area contributed by atoms with E-state index < -0.39 is 12.1 Å². The van der Waals surface area contributed by atoms with Crippen LogP contribution in [0.3, 0.4) is 0 Å². The van der Waals surface area contributed by atoms with Crippen LogP contribution >= 0.6 is 0 Å². The van der Waals surface area contributed by atoms with Crippen molar-refractivity contribution in [1.29, 1.82) is 0 Å². The monoisotopic (exact) mass is 343 g/mol. The van der Waals surface area contributed by atoms with Gasteiger partial charge in [-0.15, -0.1) is 0 Å². The number of aryl methyl sites for hydroxylation is 2. The normalized spacial score (nSPS) is 15.7. The number of carbonyl (C=O) groups is 2. The first-order chi connectivity index (χ1) is 12.1. The second-order valence-corrected chi connectivity index (χ2v) is 5.96. The standard InChI is InChI=1S/C19H21NO5/c1-13-12-16(14(2)24-13)19(22)25-17(15-6-4-3-5-7-15)18(21)20-8-10-23-11-9-20/h3-7,12,17H,8-11H2,1-2H3. The van der Waals surface area contributed by atoms with E-state index in [1.165, 1.54) is 0 Å². The Morgan fingerprint density at radius 2 is 1.80 bits per heavy atom. The number of carbonyl (C=O) groups excluding carboxylic acids is 2. The minimum atomic E-state index is -0.985. The molecule has 0 N–H and O–H groups in total. The van der Waals surface area contributed by atoms with Crippen LogP contribution in [0.4, 0.5) is 0 Å². The van der Waals surface area contributed by atoms with Crippen LogP contribution in [0.2, 0.25) is 0 Å². The number of ether oxygens (including phenoxy) is 2. The van der Waals surface area contributed by atoms with Gasteiger partial charge in [0.15, 0.2) is 0 Å². The molecule has 1 unspecified atom stereocenters. The van der Waals surface area contributed by atoms with Gasteiger partial charge >= 0.3 is 5.97 Å². The first-order valence-corrected chi connectivity index (χ1v) is 8.26. The van der Waals surface area contributed by atoms with Gasteiger partial charge < -0.3 is 18.8 Å². The minimum Gasteiger partial charge on any atom is -0.466 e. The topological polar surface area (TPSA) is 69.0 Å². The third kappa shape index (κ3) is 3.91. The molecule has 6 heteroatoms. The number of morpholine rings is 1. The number of nitrogens with zero attached hydrogens (tertiary/aromatic N) is 1. The van der Waals surface area contributed by atoms with E-state index in [1.807, 2.05) is 18.2 Å². The highest BCUT2D eigenvalue weighted by molar-refractivity contribution is 5.93. The molecule has 1 aliphatic rings. The largest absolute Gasteiger partial charge is 0.466 e. The molecule has 0 spiro atoms. The van der Waals surface area contributed by atoms with E-state index in [-0.39, 0.29) is 5.91 Å². The number of amides is 1. The van der Waals surface area contributed by atoms with Crippen molar-refractivity contribution in [1.82, 2.24) is 4.90 Å². The fourth-order valence-corrected chi connectivity index (χ4v) is 2.84. The highest BCUT2D eigenvalue weighted by atomic mass is 16.5. The third-order valence-corrected chi connectivity index (χ3v) is 4.14. The van der Waals surface area contributed by atoms with Crippen LogP contribution in [0.5, 0.6) is 0 Å². The Balaban J connectivity index is 1.85. The summed E-state index contributed by atoms with van der Waals surface area (Å²) in [5, 5.41) is 0. The molecule has 1 atom stereocenters. The van der Waals surface area contributed by atoms with Gasteiger partial charge in [0.25, 0.3) is 5.91 Å². The maximum Gasteiger partial charge on any atom is 0.342 e. The quantitative estimate of drug-likeness (QED) is 0.798. The fourth-order valence-electron chi connectivity index (χ4n) is 2.84. The molecule has 2 aromatic rings. The lowest BCUT2D eigenvalue weighted by molar-refractivity contribution is -0.145. The van der Waals surface area contributed by atoms with E-state index in [2.05, 4.69) is 0 Å². The lowest BCUT2D eigenvalue weighted by atomic mass is 10.1. The summed E-state index contributed by atoms with van der Waals surface area (Å²) in [7, 11) is 0. The maximum atomic E-state index is 12.9. The van der Waals surface area contributed by atoms with Crippen molar-refractivity contribution < 1.29 is 23.5 Å². The van der Waals surface area contributed by atoms with Crippen LogP contribution in [0.25, 0.3) is 0 Å². The molecule has 0 bridgehead atoms. The van der Waals surface area contributed by atoms with Crippen LogP contribution in [0.1, 0.15) is 33.5 Å². The van der Waals surface area contributed by atoms with Gasteiger partial charge in [-0.1, -0.05) is 30.3 Å². The van der Waals surface area contributed by atoms with Gasteiger partial charge in [-0.3, -0.25) is 4.79 Å². The van der Waals surface area contributed by atoms with Crippen LogP contribution in [0.15, 0.2) is 40.8 Å². The molecule has 1 aromatic heterocycles. The van der Waals surface area contributed by atoms with Gasteiger partial charge in [-0.05, 0) is 19.9 Å². The molecule has 0 saturated carbocycles. The van der Waals surface area contributed by atoms with Gasteiger partial charge in [0.2, 0.25) is 6.10 Å². The number of hydrogen-bond acceptors (Lipinski definition) is 5. The third-order valence-electron chi connectivity index (χ3n) is 4.14. The first kappa shape index (κ1) is 17.2. The van der Waals surface area contributed by atoms with Crippen LogP contribution in [0, 0.1) is 13.8 Å². The zero-order chi connectivity index (χ0) is 17.8. The number of rotatable bonds is 4. The van der Waals surface area contributed by atoms with E-state index in [0.29, 0.717) is 49.0 Å². The van der Waals surface area contributed by atoms with Crippen molar-refractivity contribution in [2.45, 2.75) is 20.0 Å². The van der Waals surface area contributed by atoms with Crippen molar-refractivity contribution in [3.05, 3.63) is 59.0 Å². The van der Waals surface area contributed by atoms with E-state index in [9.17, 15) is 9.59 Å². The second-order valence-electron chi connectivity index (χ2n) is 5.96. The van der Waals surface area contributed by atoms with Crippen LogP contribution in [-0.2, 0) is 14.3 Å². The summed E-state index contributed by atoms with van der Waals surface area (Å²) >= 11 is 0. The number of furan rings is 1. The summed E-state index contributed by atoms with van der Waals surface area (Å²) in [4.78, 5) is 27.2. The van der Waals surface area contributed by atoms with Gasteiger partial charge in [-0.2, -0.15) is 0 Å². The summed E-state index contributed by atoms with van der Waals surface area (Å²) in [6, 6.07) is 10.7. The summed E-state index contributed by atoms with van der Waals surface area (Å²) in [5.74, 6) is 0.305. The Bertz CT molecular complexity index is 746. The fraction of sp³-hybridized carbons (Fsp3) is 0.368. The molecule has 132 valence electrons. The molecule has 6 nitrogen and oxygen atoms in total. The summed E-state index contributed by atoms with van der Waals surface area (Å²) in [6.45, 7) is 5.41. The molecule has 3 rings (SSSR count). The van der Waals surface area contributed by atoms with Crippen molar-refractivity contribution in [3.8, 4) is 0 Å². The van der Waals surface area contributed by atoms with E-state index in [4.69, 9.17) is 13.9 Å². The molecule has 1 aromatic carbocycles. The lowest BCUT2D eigenvalue weighted by Crippen LogP contribution is -2.44. The van der Waals surface area contributed by atoms with Crippen molar-refractivity contribution >= 4 is 11.9 Å². The Morgan fingerprint density at radius 3 is 2.40 bits per heavy atom. The van der Waals surface area contributed by atoms with Gasteiger partial charge in [-0.25, -0.2) is 4.79 Å². The molecule has 1 saturated heterocycles. The number of hydrogen-bond donors (Lipinski definition) is 0. The first-order valence-electron chi connectivity index (χ1n) is 8.26. The molecule has 0 aliphatic carbocycles. The Labute approximate surface area is 146 Å². The molecular formula is C19H21NO5. The van der Waals surface area contributed by atoms with E-state index in [1.54, 1.807) is 36.9 Å². The zero-order valence-electron chi connectivity index (χ0n) is 14.4. The SMILES string of the molecule is Cc1cc(C(=O)OC(C(=O)N2CCOCC2)c2ccccc2)c(C)o1. The van der Waals surface area contributed by atoms with Gasteiger partial charge in [0, 0.05) is 18.7 Å². The maximum absolute atomic E-state index is 12.9. The molecule has 0 radical (unpaired) electrons. The average molecular weight is 343 g/mol. The number of esters is 1. The zero-order valence-corrected chi connectivity index (χ0v) is 14.4. The summed E-state index contributed by atoms with van der Waals surface area (Å²) < 4.78 is 16.3. The predicted octanol–water partition coefficient (Wildman–Crippen LogP) is 2.65. The van der Waals surface area contributed by atoms with Crippen molar-refractivity contribution in [2.24, 2.45) is 0 Å². The Kier molecular flexibility index (Phi) is 5.19. The minimum absolute atomic E-state index is 0.235. The predicted molar refractivity (Wildman–Crippen MR) is 90.2 cm³/mol. The smallest absolute Gasteiger partial charge is 0.342 e. The van der Waals surface area contributed by atoms with Gasteiger partial charge in [0.05, 0.1) is 13.2 Å². The van der Waals surface area contributed by atoms with E-state index in [0.717, 1.165) is 0 Å². The Morgan fingerprint density at radius 1 is 1.12 bits per heavy atom. The van der Waals surface area contributed by atoms with Gasteiger partial charge in [0.1, 0.15) is 17.1 Å². The van der Waals surface area contributed by atoms with Crippen molar-refractivity contribution in [3.63, 3.8) is 0 Å². The van der Waals surface area contributed by atoms with Crippen molar-refractivity contribution in [2.75, 3.05) is 26.3 Å². The molecular weight excluding hydrogens is 322 g/mol. The molecule has 1 amide bonds. The summed E-state index contributed by atoms with van der Waals surface area (Å²) in [6.07, 6.45) is -0.985. The van der Waals surface area contributed by atoms with Crippen LogP contribution in [-0.4, -0.2) is 43.1 Å². The highest BCUT2D eigenvalue weighted by Gasteiger charge is 2.31. The average Bonchev–Trinajstić information content (AvgIpc) is 2.99. The second kappa shape index (κ2) is 7.53. The summed E-state index contributed by atoms with van der Waals surface area (Å²) in [5.41, 5.74) is 0.985. The molecule has 1 fully saturated rings. The number of benzene rings is 1. The molecule has 1 aliphatic heterocycles. The highest BCUT2D eigenvalue weighted by Crippen LogP contribution is 2.24. The lowest BCUT2D eigenvalue weighted by Gasteiger charge is -2.30. The van der Waals surface area contributed by atoms with E-state index >= 15 is 0 Å². The Hall–Kier alpha value is -2.60. The molecule has 25 heavy (non-hydrogen) atoms.